The first-order chi connectivity index (χ1) is 11.3. The first kappa shape index (κ1) is 16.2. The van der Waals surface area contributed by atoms with E-state index < -0.39 is 6.10 Å². The van der Waals surface area contributed by atoms with Crippen LogP contribution < -0.4 is 0 Å². The van der Waals surface area contributed by atoms with Crippen LogP contribution in [0.3, 0.4) is 0 Å². The molecule has 1 saturated heterocycles. The first-order valence-electron chi connectivity index (χ1n) is 8.76. The molecule has 0 radical (unpaired) electrons. The number of rotatable bonds is 6. The normalized spacial score (nSPS) is 19.4. The average Bonchev–Trinajstić information content (AvgIpc) is 3.13. The van der Waals surface area contributed by atoms with Gasteiger partial charge in [0.1, 0.15) is 0 Å². The fourth-order valence-corrected chi connectivity index (χ4v) is 3.70. The molecule has 122 valence electrons. The molecule has 0 spiro atoms. The molecule has 1 aliphatic rings. The van der Waals surface area contributed by atoms with Crippen molar-refractivity contribution in [3.8, 4) is 0 Å². The van der Waals surface area contributed by atoms with Crippen molar-refractivity contribution in [1.29, 1.82) is 0 Å². The van der Waals surface area contributed by atoms with Gasteiger partial charge in [-0.2, -0.15) is 0 Å². The third-order valence-electron chi connectivity index (χ3n) is 5.18. The third-order valence-corrected chi connectivity index (χ3v) is 5.18. The van der Waals surface area contributed by atoms with Crippen LogP contribution in [0, 0.1) is 5.92 Å². The van der Waals surface area contributed by atoms with Crippen LogP contribution in [-0.2, 0) is 0 Å². The van der Waals surface area contributed by atoms with E-state index in [2.05, 4.69) is 42.2 Å². The van der Waals surface area contributed by atoms with Crippen LogP contribution >= 0.6 is 0 Å². The number of benzene rings is 2. The zero-order chi connectivity index (χ0) is 16.1. The summed E-state index contributed by atoms with van der Waals surface area (Å²) in [6, 6.07) is 20.7. The maximum atomic E-state index is 11.0. The number of aliphatic hydroxyl groups excluding tert-OH is 1. The van der Waals surface area contributed by atoms with Gasteiger partial charge in [-0.05, 0) is 43.0 Å². The Morgan fingerprint density at radius 1 is 0.870 bits per heavy atom. The van der Waals surface area contributed by atoms with E-state index in [1.807, 2.05) is 30.3 Å². The lowest BCUT2D eigenvalue weighted by atomic mass is 9.81. The Morgan fingerprint density at radius 3 is 1.96 bits per heavy atom. The van der Waals surface area contributed by atoms with E-state index in [-0.39, 0.29) is 5.92 Å². The Bertz CT molecular complexity index is 532. The van der Waals surface area contributed by atoms with E-state index in [1.54, 1.807) is 0 Å². The minimum Gasteiger partial charge on any atom is -0.388 e. The zero-order valence-corrected chi connectivity index (χ0v) is 13.9. The molecule has 1 N–H and O–H groups in total. The van der Waals surface area contributed by atoms with Gasteiger partial charge in [0.15, 0.2) is 0 Å². The predicted molar refractivity (Wildman–Crippen MR) is 95.4 cm³/mol. The molecular weight excluding hydrogens is 282 g/mol. The monoisotopic (exact) mass is 309 g/mol. The van der Waals surface area contributed by atoms with Crippen molar-refractivity contribution in [2.45, 2.75) is 31.8 Å². The Morgan fingerprint density at radius 2 is 1.39 bits per heavy atom. The third kappa shape index (κ3) is 4.01. The Labute approximate surface area is 139 Å². The second kappa shape index (κ2) is 7.76. The van der Waals surface area contributed by atoms with Gasteiger partial charge in [0.25, 0.3) is 0 Å². The Hall–Kier alpha value is -1.64. The quantitative estimate of drug-likeness (QED) is 0.863. The summed E-state index contributed by atoms with van der Waals surface area (Å²) in [7, 11) is 0. The molecule has 0 saturated carbocycles. The van der Waals surface area contributed by atoms with Gasteiger partial charge in [-0.25, -0.2) is 0 Å². The maximum absolute atomic E-state index is 11.0. The van der Waals surface area contributed by atoms with Crippen LogP contribution in [0.25, 0.3) is 0 Å². The molecule has 2 nitrogen and oxygen atoms in total. The second-order valence-electron chi connectivity index (χ2n) is 6.73. The van der Waals surface area contributed by atoms with Crippen LogP contribution in [-0.4, -0.2) is 29.6 Å². The smallest absolute Gasteiger partial charge is 0.0836 e. The minimum atomic E-state index is -0.424. The van der Waals surface area contributed by atoms with Crippen LogP contribution in [0.4, 0.5) is 0 Å². The average molecular weight is 309 g/mol. The van der Waals surface area contributed by atoms with Gasteiger partial charge in [0.05, 0.1) is 6.10 Å². The van der Waals surface area contributed by atoms with Crippen molar-refractivity contribution >= 4 is 0 Å². The van der Waals surface area contributed by atoms with Crippen molar-refractivity contribution < 1.29 is 5.11 Å². The van der Waals surface area contributed by atoms with E-state index in [4.69, 9.17) is 0 Å². The summed E-state index contributed by atoms with van der Waals surface area (Å²) in [4.78, 5) is 2.51. The molecule has 3 atom stereocenters. The largest absolute Gasteiger partial charge is 0.388 e. The molecular formula is C21H27NO. The molecule has 23 heavy (non-hydrogen) atoms. The number of hydrogen-bond acceptors (Lipinski definition) is 2. The minimum absolute atomic E-state index is 0.206. The van der Waals surface area contributed by atoms with E-state index >= 15 is 0 Å². The SMILES string of the molecule is C[C@H](c1ccccc1)[C@H](CN1CCCC1)[C@@H](O)c1ccccc1. The van der Waals surface area contributed by atoms with Crippen molar-refractivity contribution in [2.75, 3.05) is 19.6 Å². The number of likely N-dealkylation sites (tertiary alicyclic amines) is 1. The van der Waals surface area contributed by atoms with E-state index in [0.717, 1.165) is 12.1 Å². The molecule has 1 aliphatic heterocycles. The second-order valence-corrected chi connectivity index (χ2v) is 6.73. The number of aliphatic hydroxyl groups is 1. The highest BCUT2D eigenvalue weighted by Gasteiger charge is 2.30. The van der Waals surface area contributed by atoms with E-state index in [1.165, 1.54) is 31.5 Å². The lowest BCUT2D eigenvalue weighted by Crippen LogP contribution is -2.33. The molecule has 3 rings (SSSR count). The molecule has 1 fully saturated rings. The van der Waals surface area contributed by atoms with Gasteiger partial charge in [-0.15, -0.1) is 0 Å². The maximum Gasteiger partial charge on any atom is 0.0836 e. The molecule has 0 amide bonds. The highest BCUT2D eigenvalue weighted by molar-refractivity contribution is 5.23. The van der Waals surface area contributed by atoms with Gasteiger partial charge in [-0.3, -0.25) is 0 Å². The van der Waals surface area contributed by atoms with Crippen molar-refractivity contribution in [1.82, 2.24) is 4.90 Å². The summed E-state index contributed by atoms with van der Waals surface area (Å²) in [6.07, 6.45) is 2.15. The molecule has 2 heteroatoms. The van der Waals surface area contributed by atoms with Crippen LogP contribution in [0.2, 0.25) is 0 Å². The van der Waals surface area contributed by atoms with Gasteiger partial charge in [-0.1, -0.05) is 67.6 Å². The molecule has 0 aromatic heterocycles. The molecule has 0 unspecified atom stereocenters. The molecule has 1 heterocycles. The standard InChI is InChI=1S/C21H27NO/c1-17(18-10-4-2-5-11-18)20(16-22-14-8-9-15-22)21(23)19-12-6-3-7-13-19/h2-7,10-13,17,20-21,23H,8-9,14-16H2,1H3/t17-,20+,21+/m1/s1. The lowest BCUT2D eigenvalue weighted by Gasteiger charge is -2.32. The summed E-state index contributed by atoms with van der Waals surface area (Å²) in [6.45, 7) is 5.55. The van der Waals surface area contributed by atoms with E-state index in [9.17, 15) is 5.11 Å². The van der Waals surface area contributed by atoms with Gasteiger partial charge in [0, 0.05) is 12.5 Å². The molecule has 0 aliphatic carbocycles. The summed E-state index contributed by atoms with van der Waals surface area (Å²) >= 11 is 0. The summed E-state index contributed by atoms with van der Waals surface area (Å²) in [5.41, 5.74) is 2.34. The highest BCUT2D eigenvalue weighted by atomic mass is 16.3. The fraction of sp³-hybridized carbons (Fsp3) is 0.429. The topological polar surface area (TPSA) is 23.5 Å². The van der Waals surface area contributed by atoms with Crippen LogP contribution in [0.1, 0.15) is 42.9 Å². The zero-order valence-electron chi connectivity index (χ0n) is 13.9. The summed E-state index contributed by atoms with van der Waals surface area (Å²) in [5.74, 6) is 0.532. The van der Waals surface area contributed by atoms with Gasteiger partial charge >= 0.3 is 0 Å². The Kier molecular flexibility index (Phi) is 5.47. The molecule has 0 bridgehead atoms. The number of hydrogen-bond donors (Lipinski definition) is 1. The molecule has 2 aromatic rings. The number of nitrogens with zero attached hydrogens (tertiary/aromatic N) is 1. The highest BCUT2D eigenvalue weighted by Crippen LogP contribution is 2.35. The fourth-order valence-electron chi connectivity index (χ4n) is 3.70. The summed E-state index contributed by atoms with van der Waals surface area (Å²) in [5, 5.41) is 11.0. The summed E-state index contributed by atoms with van der Waals surface area (Å²) < 4.78 is 0. The van der Waals surface area contributed by atoms with Crippen LogP contribution in [0.5, 0.6) is 0 Å². The van der Waals surface area contributed by atoms with E-state index in [0.29, 0.717) is 5.92 Å². The predicted octanol–water partition coefficient (Wildman–Crippen LogP) is 4.24. The van der Waals surface area contributed by atoms with Crippen LogP contribution in [0.15, 0.2) is 60.7 Å². The first-order valence-corrected chi connectivity index (χ1v) is 8.76. The van der Waals surface area contributed by atoms with Gasteiger partial charge in [0.2, 0.25) is 0 Å². The Balaban J connectivity index is 1.83. The van der Waals surface area contributed by atoms with Crippen molar-refractivity contribution in [3.63, 3.8) is 0 Å². The van der Waals surface area contributed by atoms with Gasteiger partial charge < -0.3 is 10.0 Å². The lowest BCUT2D eigenvalue weighted by molar-refractivity contribution is 0.0715. The van der Waals surface area contributed by atoms with Crippen molar-refractivity contribution in [2.24, 2.45) is 5.92 Å². The molecule has 2 aromatic carbocycles. The van der Waals surface area contributed by atoms with Crippen molar-refractivity contribution in [3.05, 3.63) is 71.8 Å².